The van der Waals surface area contributed by atoms with E-state index >= 15 is 0 Å². The fraction of sp³-hybridized carbons (Fsp3) is 0.611. The standard InChI is InChI=1S/C18H28N2O/c1-14(15-9-11-16(19)12-10-15)13-18(21)20(2)17-7-5-3-4-6-8-17/h9-12,14,17H,3-8,13,19H2,1-2H3. The molecule has 3 heteroatoms. The molecule has 1 atom stereocenters. The van der Waals surface area contributed by atoms with Crippen molar-refractivity contribution in [3.63, 3.8) is 0 Å². The van der Waals surface area contributed by atoms with E-state index in [9.17, 15) is 4.79 Å². The first kappa shape index (κ1) is 15.9. The van der Waals surface area contributed by atoms with E-state index in [1.807, 2.05) is 36.2 Å². The van der Waals surface area contributed by atoms with E-state index < -0.39 is 0 Å². The van der Waals surface area contributed by atoms with Crippen LogP contribution in [0.5, 0.6) is 0 Å². The number of carbonyl (C=O) groups excluding carboxylic acids is 1. The minimum absolute atomic E-state index is 0.242. The Bertz CT molecular complexity index is 447. The van der Waals surface area contributed by atoms with Crippen molar-refractivity contribution >= 4 is 11.6 Å². The molecule has 1 aliphatic rings. The van der Waals surface area contributed by atoms with E-state index in [-0.39, 0.29) is 11.8 Å². The van der Waals surface area contributed by atoms with E-state index in [1.54, 1.807) is 0 Å². The number of hydrogen-bond acceptors (Lipinski definition) is 2. The number of anilines is 1. The molecular weight excluding hydrogens is 260 g/mol. The molecule has 0 aliphatic heterocycles. The maximum absolute atomic E-state index is 12.5. The van der Waals surface area contributed by atoms with Gasteiger partial charge in [0.15, 0.2) is 0 Å². The van der Waals surface area contributed by atoms with Gasteiger partial charge in [-0.25, -0.2) is 0 Å². The van der Waals surface area contributed by atoms with Crippen molar-refractivity contribution in [2.75, 3.05) is 12.8 Å². The maximum atomic E-state index is 12.5. The summed E-state index contributed by atoms with van der Waals surface area (Å²) < 4.78 is 0. The van der Waals surface area contributed by atoms with E-state index in [0.29, 0.717) is 12.5 Å². The Morgan fingerprint density at radius 1 is 1.19 bits per heavy atom. The van der Waals surface area contributed by atoms with Gasteiger partial charge in [-0.3, -0.25) is 4.79 Å². The number of nitrogen functional groups attached to an aromatic ring is 1. The Morgan fingerprint density at radius 3 is 2.33 bits per heavy atom. The van der Waals surface area contributed by atoms with E-state index in [4.69, 9.17) is 5.73 Å². The second-order valence-electron chi connectivity index (χ2n) is 6.42. The molecule has 116 valence electrons. The molecule has 1 unspecified atom stereocenters. The van der Waals surface area contributed by atoms with Gasteiger partial charge in [0, 0.05) is 25.2 Å². The van der Waals surface area contributed by atoms with Gasteiger partial charge < -0.3 is 10.6 Å². The summed E-state index contributed by atoms with van der Waals surface area (Å²) in [4.78, 5) is 14.5. The summed E-state index contributed by atoms with van der Waals surface area (Å²) in [5.74, 6) is 0.512. The smallest absolute Gasteiger partial charge is 0.223 e. The number of carbonyl (C=O) groups is 1. The summed E-state index contributed by atoms with van der Waals surface area (Å²) in [6.45, 7) is 2.12. The molecule has 0 aromatic heterocycles. The zero-order valence-corrected chi connectivity index (χ0v) is 13.3. The molecule has 1 aliphatic carbocycles. The van der Waals surface area contributed by atoms with Gasteiger partial charge in [-0.05, 0) is 36.5 Å². The summed E-state index contributed by atoms with van der Waals surface area (Å²) in [5, 5.41) is 0. The van der Waals surface area contributed by atoms with Crippen LogP contribution >= 0.6 is 0 Å². The first-order chi connectivity index (χ1) is 10.1. The summed E-state index contributed by atoms with van der Waals surface area (Å²) in [5.41, 5.74) is 7.67. The molecule has 2 rings (SSSR count). The molecule has 1 aromatic rings. The summed E-state index contributed by atoms with van der Waals surface area (Å²) in [6.07, 6.45) is 8.07. The Kier molecular flexibility index (Phi) is 5.66. The molecule has 1 fully saturated rings. The van der Waals surface area contributed by atoms with Crippen molar-refractivity contribution in [3.05, 3.63) is 29.8 Å². The van der Waals surface area contributed by atoms with Crippen LogP contribution in [0.15, 0.2) is 24.3 Å². The average molecular weight is 288 g/mol. The third-order valence-electron chi connectivity index (χ3n) is 4.75. The molecule has 0 bridgehead atoms. The fourth-order valence-corrected chi connectivity index (χ4v) is 3.20. The van der Waals surface area contributed by atoms with E-state index in [2.05, 4.69) is 6.92 Å². The molecule has 0 heterocycles. The fourth-order valence-electron chi connectivity index (χ4n) is 3.20. The van der Waals surface area contributed by atoms with Gasteiger partial charge in [-0.2, -0.15) is 0 Å². The van der Waals surface area contributed by atoms with Crippen molar-refractivity contribution in [3.8, 4) is 0 Å². The van der Waals surface area contributed by atoms with Crippen LogP contribution in [-0.2, 0) is 4.79 Å². The van der Waals surface area contributed by atoms with E-state index in [1.165, 1.54) is 44.1 Å². The molecule has 1 aromatic carbocycles. The van der Waals surface area contributed by atoms with Crippen molar-refractivity contribution < 1.29 is 4.79 Å². The molecule has 0 saturated heterocycles. The van der Waals surface area contributed by atoms with Gasteiger partial charge in [0.25, 0.3) is 0 Å². The van der Waals surface area contributed by atoms with Crippen molar-refractivity contribution in [1.29, 1.82) is 0 Å². The molecule has 1 saturated carbocycles. The monoisotopic (exact) mass is 288 g/mol. The zero-order valence-electron chi connectivity index (χ0n) is 13.3. The van der Waals surface area contributed by atoms with Crippen molar-refractivity contribution in [2.45, 2.75) is 63.8 Å². The molecule has 0 radical (unpaired) electrons. The molecule has 3 nitrogen and oxygen atoms in total. The lowest BCUT2D eigenvalue weighted by Gasteiger charge is -2.28. The van der Waals surface area contributed by atoms with Crippen LogP contribution in [0.4, 0.5) is 5.69 Å². The lowest BCUT2D eigenvalue weighted by molar-refractivity contribution is -0.132. The van der Waals surface area contributed by atoms with Gasteiger partial charge in [0.1, 0.15) is 0 Å². The van der Waals surface area contributed by atoms with Gasteiger partial charge >= 0.3 is 0 Å². The number of nitrogens with zero attached hydrogens (tertiary/aromatic N) is 1. The molecule has 2 N–H and O–H groups in total. The largest absolute Gasteiger partial charge is 0.399 e. The minimum Gasteiger partial charge on any atom is -0.399 e. The highest BCUT2D eigenvalue weighted by atomic mass is 16.2. The van der Waals surface area contributed by atoms with Gasteiger partial charge in [-0.15, -0.1) is 0 Å². The van der Waals surface area contributed by atoms with Crippen molar-refractivity contribution in [1.82, 2.24) is 4.90 Å². The lowest BCUT2D eigenvalue weighted by atomic mass is 9.96. The van der Waals surface area contributed by atoms with E-state index in [0.717, 1.165) is 5.69 Å². The Labute approximate surface area is 128 Å². The third kappa shape index (κ3) is 4.48. The number of benzene rings is 1. The van der Waals surface area contributed by atoms with Crippen molar-refractivity contribution in [2.24, 2.45) is 0 Å². The number of nitrogens with two attached hydrogens (primary N) is 1. The van der Waals surface area contributed by atoms with Crippen LogP contribution in [0.25, 0.3) is 0 Å². The number of rotatable bonds is 4. The van der Waals surface area contributed by atoms with Crippen LogP contribution in [0.1, 0.15) is 63.4 Å². The lowest BCUT2D eigenvalue weighted by Crippen LogP contribution is -2.37. The normalized spacial score (nSPS) is 18.0. The number of hydrogen-bond donors (Lipinski definition) is 1. The van der Waals surface area contributed by atoms with Crippen LogP contribution in [0.3, 0.4) is 0 Å². The average Bonchev–Trinajstić information content (AvgIpc) is 2.76. The second-order valence-corrected chi connectivity index (χ2v) is 6.42. The Hall–Kier alpha value is -1.51. The molecular formula is C18H28N2O. The topological polar surface area (TPSA) is 46.3 Å². The highest BCUT2D eigenvalue weighted by Gasteiger charge is 2.22. The number of amides is 1. The maximum Gasteiger partial charge on any atom is 0.223 e. The third-order valence-corrected chi connectivity index (χ3v) is 4.75. The first-order valence-corrected chi connectivity index (χ1v) is 8.19. The Morgan fingerprint density at radius 2 is 1.76 bits per heavy atom. The molecule has 0 spiro atoms. The summed E-state index contributed by atoms with van der Waals surface area (Å²) in [6, 6.07) is 8.31. The summed E-state index contributed by atoms with van der Waals surface area (Å²) >= 11 is 0. The minimum atomic E-state index is 0.242. The molecule has 1 amide bonds. The van der Waals surface area contributed by atoms with Crippen LogP contribution in [0.2, 0.25) is 0 Å². The van der Waals surface area contributed by atoms with Gasteiger partial charge in [0.2, 0.25) is 5.91 Å². The van der Waals surface area contributed by atoms with Crippen LogP contribution < -0.4 is 5.73 Å². The Balaban J connectivity index is 1.91. The highest BCUT2D eigenvalue weighted by Crippen LogP contribution is 2.25. The highest BCUT2D eigenvalue weighted by molar-refractivity contribution is 5.77. The van der Waals surface area contributed by atoms with Gasteiger partial charge in [0.05, 0.1) is 0 Å². The van der Waals surface area contributed by atoms with Gasteiger partial charge in [-0.1, -0.05) is 44.7 Å². The van der Waals surface area contributed by atoms with Crippen LogP contribution in [-0.4, -0.2) is 23.9 Å². The summed E-state index contributed by atoms with van der Waals surface area (Å²) in [7, 11) is 1.98. The van der Waals surface area contributed by atoms with Crippen LogP contribution in [0, 0.1) is 0 Å². The molecule has 21 heavy (non-hydrogen) atoms. The predicted molar refractivity (Wildman–Crippen MR) is 88.1 cm³/mol. The predicted octanol–water partition coefficient (Wildman–Crippen LogP) is 3.94. The SMILES string of the molecule is CC(CC(=O)N(C)C1CCCCCC1)c1ccc(N)cc1. The first-order valence-electron chi connectivity index (χ1n) is 8.19. The second kappa shape index (κ2) is 7.48. The quantitative estimate of drug-likeness (QED) is 0.673. The zero-order chi connectivity index (χ0) is 15.2.